The SMILES string of the molecule is CC1CN(C(=O)c2cc(S(=O)(=O)N3CCSCC3)c[nH]2)CCO1. The van der Waals surface area contributed by atoms with Crippen LogP contribution in [0.3, 0.4) is 0 Å². The van der Waals surface area contributed by atoms with Gasteiger partial charge in [-0.3, -0.25) is 4.79 Å². The summed E-state index contributed by atoms with van der Waals surface area (Å²) in [4.78, 5) is 17.2. The number of morpholine rings is 1. The number of H-pyrrole nitrogens is 1. The van der Waals surface area contributed by atoms with Gasteiger partial charge in [0.15, 0.2) is 0 Å². The smallest absolute Gasteiger partial charge is 0.270 e. The van der Waals surface area contributed by atoms with Crippen molar-refractivity contribution in [2.24, 2.45) is 0 Å². The van der Waals surface area contributed by atoms with E-state index in [1.165, 1.54) is 16.6 Å². The number of nitrogens with zero attached hydrogens (tertiary/aromatic N) is 2. The highest BCUT2D eigenvalue weighted by Crippen LogP contribution is 2.21. The largest absolute Gasteiger partial charge is 0.375 e. The second-order valence-electron chi connectivity index (χ2n) is 5.70. The molecule has 2 saturated heterocycles. The summed E-state index contributed by atoms with van der Waals surface area (Å²) >= 11 is 1.75. The van der Waals surface area contributed by atoms with E-state index in [1.54, 1.807) is 16.7 Å². The summed E-state index contributed by atoms with van der Waals surface area (Å²) in [6.45, 7) is 4.49. The fraction of sp³-hybridized carbons (Fsp3) is 0.643. The van der Waals surface area contributed by atoms with Crippen LogP contribution in [-0.4, -0.2) is 78.9 Å². The van der Waals surface area contributed by atoms with Crippen molar-refractivity contribution in [3.05, 3.63) is 18.0 Å². The molecule has 1 unspecified atom stereocenters. The maximum absolute atomic E-state index is 12.6. The number of carbonyl (C=O) groups excluding carboxylic acids is 1. The molecule has 1 amide bonds. The number of hydrogen-bond donors (Lipinski definition) is 1. The van der Waals surface area contributed by atoms with Crippen LogP contribution in [0, 0.1) is 0 Å². The van der Waals surface area contributed by atoms with Crippen LogP contribution in [0.2, 0.25) is 0 Å². The number of ether oxygens (including phenoxy) is 1. The average Bonchev–Trinajstić information content (AvgIpc) is 3.06. The Morgan fingerprint density at radius 3 is 2.78 bits per heavy atom. The van der Waals surface area contributed by atoms with Crippen molar-refractivity contribution in [3.63, 3.8) is 0 Å². The molecule has 3 heterocycles. The van der Waals surface area contributed by atoms with Crippen molar-refractivity contribution >= 4 is 27.7 Å². The maximum atomic E-state index is 12.6. The van der Waals surface area contributed by atoms with Crippen LogP contribution in [0.15, 0.2) is 17.2 Å². The maximum Gasteiger partial charge on any atom is 0.270 e. The first-order valence-corrected chi connectivity index (χ1v) is 10.2. The highest BCUT2D eigenvalue weighted by Gasteiger charge is 2.29. The Hall–Kier alpha value is -1.03. The van der Waals surface area contributed by atoms with Crippen LogP contribution in [0.5, 0.6) is 0 Å². The zero-order valence-electron chi connectivity index (χ0n) is 13.0. The molecule has 0 bridgehead atoms. The summed E-state index contributed by atoms with van der Waals surface area (Å²) in [5.41, 5.74) is 0.309. The molecule has 0 radical (unpaired) electrons. The molecule has 23 heavy (non-hydrogen) atoms. The van der Waals surface area contributed by atoms with Crippen LogP contribution in [-0.2, 0) is 14.8 Å². The Morgan fingerprint density at radius 2 is 2.09 bits per heavy atom. The van der Waals surface area contributed by atoms with E-state index in [0.717, 1.165) is 11.5 Å². The van der Waals surface area contributed by atoms with Crippen molar-refractivity contribution < 1.29 is 17.9 Å². The molecule has 3 rings (SSSR count). The number of carbonyl (C=O) groups is 1. The molecule has 0 aromatic carbocycles. The van der Waals surface area contributed by atoms with E-state index < -0.39 is 10.0 Å². The summed E-state index contributed by atoms with van der Waals surface area (Å²) in [5.74, 6) is 1.43. The van der Waals surface area contributed by atoms with E-state index in [9.17, 15) is 13.2 Å². The number of aromatic nitrogens is 1. The standard InChI is InChI=1S/C14H21N3O4S2/c1-11-10-16(2-5-21-11)14(18)13-8-12(9-15-13)23(19,20)17-3-6-22-7-4-17/h8-9,11,15H,2-7,10H2,1H3. The third-order valence-corrected chi connectivity index (χ3v) is 6.84. The predicted octanol–water partition coefficient (Wildman–Crippen LogP) is 0.613. The Morgan fingerprint density at radius 1 is 1.35 bits per heavy atom. The first-order chi connectivity index (χ1) is 11.0. The normalized spacial score (nSPS) is 23.9. The zero-order chi connectivity index (χ0) is 16.4. The first kappa shape index (κ1) is 16.8. The van der Waals surface area contributed by atoms with E-state index in [-0.39, 0.29) is 16.9 Å². The van der Waals surface area contributed by atoms with Crippen molar-refractivity contribution in [2.75, 3.05) is 44.3 Å². The molecule has 1 aromatic heterocycles. The minimum Gasteiger partial charge on any atom is -0.375 e. The van der Waals surface area contributed by atoms with Crippen LogP contribution in [0.4, 0.5) is 0 Å². The van der Waals surface area contributed by atoms with Gasteiger partial charge in [-0.15, -0.1) is 0 Å². The number of sulfonamides is 1. The van der Waals surface area contributed by atoms with E-state index >= 15 is 0 Å². The minimum absolute atomic E-state index is 0.00304. The van der Waals surface area contributed by atoms with Gasteiger partial charge in [0.2, 0.25) is 10.0 Å². The molecule has 0 spiro atoms. The third-order valence-electron chi connectivity index (χ3n) is 4.02. The summed E-state index contributed by atoms with van der Waals surface area (Å²) in [6, 6.07) is 1.44. The Kier molecular flexibility index (Phi) is 5.00. The van der Waals surface area contributed by atoms with E-state index in [1.807, 2.05) is 6.92 Å². The lowest BCUT2D eigenvalue weighted by Crippen LogP contribution is -2.44. The fourth-order valence-corrected chi connectivity index (χ4v) is 5.33. The van der Waals surface area contributed by atoms with E-state index in [0.29, 0.717) is 38.5 Å². The van der Waals surface area contributed by atoms with Gasteiger partial charge in [-0.25, -0.2) is 8.42 Å². The number of amides is 1. The lowest BCUT2D eigenvalue weighted by Gasteiger charge is -2.30. The highest BCUT2D eigenvalue weighted by molar-refractivity contribution is 7.99. The number of hydrogen-bond acceptors (Lipinski definition) is 5. The van der Waals surface area contributed by atoms with Gasteiger partial charge in [-0.2, -0.15) is 16.1 Å². The van der Waals surface area contributed by atoms with Gasteiger partial charge in [0.1, 0.15) is 10.6 Å². The van der Waals surface area contributed by atoms with Gasteiger partial charge in [-0.1, -0.05) is 0 Å². The van der Waals surface area contributed by atoms with Crippen molar-refractivity contribution in [1.29, 1.82) is 0 Å². The number of aromatic amines is 1. The molecular weight excluding hydrogens is 338 g/mol. The van der Waals surface area contributed by atoms with Gasteiger partial charge < -0.3 is 14.6 Å². The molecule has 0 saturated carbocycles. The van der Waals surface area contributed by atoms with Gasteiger partial charge >= 0.3 is 0 Å². The molecule has 1 aromatic rings. The van der Waals surface area contributed by atoms with Crippen molar-refractivity contribution in [2.45, 2.75) is 17.9 Å². The monoisotopic (exact) mass is 359 g/mol. The van der Waals surface area contributed by atoms with Crippen molar-refractivity contribution in [3.8, 4) is 0 Å². The number of thioether (sulfide) groups is 1. The second-order valence-corrected chi connectivity index (χ2v) is 8.86. The lowest BCUT2D eigenvalue weighted by atomic mass is 10.2. The van der Waals surface area contributed by atoms with Crippen molar-refractivity contribution in [1.82, 2.24) is 14.2 Å². The number of nitrogens with one attached hydrogen (secondary N) is 1. The summed E-state index contributed by atoms with van der Waals surface area (Å²) in [6.07, 6.45) is 1.41. The molecule has 7 nitrogen and oxygen atoms in total. The number of rotatable bonds is 3. The molecule has 128 valence electrons. The first-order valence-electron chi connectivity index (χ1n) is 7.65. The van der Waals surface area contributed by atoms with Crippen LogP contribution >= 0.6 is 11.8 Å². The summed E-state index contributed by atoms with van der Waals surface area (Å²) in [7, 11) is -3.52. The van der Waals surface area contributed by atoms with Crippen LogP contribution < -0.4 is 0 Å². The summed E-state index contributed by atoms with van der Waals surface area (Å²) in [5, 5.41) is 0. The Balaban J connectivity index is 1.75. The van der Waals surface area contributed by atoms with Gasteiger partial charge in [-0.05, 0) is 13.0 Å². The molecular formula is C14H21N3O4S2. The van der Waals surface area contributed by atoms with Gasteiger partial charge in [0.25, 0.3) is 5.91 Å². The second kappa shape index (κ2) is 6.84. The molecule has 2 fully saturated rings. The Bertz CT molecular complexity index is 667. The summed E-state index contributed by atoms with van der Waals surface area (Å²) < 4.78 is 32.1. The molecule has 0 aliphatic carbocycles. The lowest BCUT2D eigenvalue weighted by molar-refractivity contribution is -0.0126. The zero-order valence-corrected chi connectivity index (χ0v) is 14.7. The molecule has 9 heteroatoms. The van der Waals surface area contributed by atoms with E-state index in [4.69, 9.17) is 4.74 Å². The van der Waals surface area contributed by atoms with Crippen LogP contribution in [0.1, 0.15) is 17.4 Å². The highest BCUT2D eigenvalue weighted by atomic mass is 32.2. The van der Waals surface area contributed by atoms with Gasteiger partial charge in [0, 0.05) is 43.9 Å². The predicted molar refractivity (Wildman–Crippen MR) is 88.2 cm³/mol. The molecule has 1 atom stereocenters. The quantitative estimate of drug-likeness (QED) is 0.855. The van der Waals surface area contributed by atoms with Gasteiger partial charge in [0.05, 0.1) is 12.7 Å². The average molecular weight is 359 g/mol. The topological polar surface area (TPSA) is 82.7 Å². The van der Waals surface area contributed by atoms with Crippen LogP contribution in [0.25, 0.3) is 0 Å². The minimum atomic E-state index is -3.52. The molecule has 2 aliphatic heterocycles. The third kappa shape index (κ3) is 3.57. The molecule has 2 aliphatic rings. The fourth-order valence-electron chi connectivity index (χ4n) is 2.76. The Labute approximate surface area is 140 Å². The van der Waals surface area contributed by atoms with E-state index in [2.05, 4.69) is 4.98 Å². The molecule has 1 N–H and O–H groups in total.